The molecule has 5 nitrogen and oxygen atoms in total. The molecule has 1 unspecified atom stereocenters. The summed E-state index contributed by atoms with van der Waals surface area (Å²) in [5, 5.41) is 12.5. The lowest BCUT2D eigenvalue weighted by Gasteiger charge is -2.15. The van der Waals surface area contributed by atoms with E-state index in [1.807, 2.05) is 6.92 Å². The highest BCUT2D eigenvalue weighted by Gasteiger charge is 2.14. The SMILES string of the molecule is COCC(CCO)NC(=O)c1cnc(C)s1. The number of nitrogens with zero attached hydrogens (tertiary/aromatic N) is 1. The molecule has 0 aliphatic heterocycles. The smallest absolute Gasteiger partial charge is 0.263 e. The van der Waals surface area contributed by atoms with Gasteiger partial charge in [0.15, 0.2) is 0 Å². The van der Waals surface area contributed by atoms with Crippen molar-refractivity contribution in [1.82, 2.24) is 10.3 Å². The van der Waals surface area contributed by atoms with Crippen LogP contribution in [0.25, 0.3) is 0 Å². The minimum absolute atomic E-state index is 0.0238. The number of carbonyl (C=O) groups excluding carboxylic acids is 1. The quantitative estimate of drug-likeness (QED) is 0.768. The summed E-state index contributed by atoms with van der Waals surface area (Å²) in [6.45, 7) is 2.27. The fourth-order valence-electron chi connectivity index (χ4n) is 1.28. The average Bonchev–Trinajstić information content (AvgIpc) is 2.65. The zero-order valence-corrected chi connectivity index (χ0v) is 10.2. The molecular weight excluding hydrogens is 228 g/mol. The molecule has 2 N–H and O–H groups in total. The van der Waals surface area contributed by atoms with E-state index in [9.17, 15) is 4.79 Å². The molecule has 0 aromatic carbocycles. The van der Waals surface area contributed by atoms with Crippen LogP contribution >= 0.6 is 11.3 Å². The molecule has 0 fully saturated rings. The van der Waals surface area contributed by atoms with E-state index in [0.29, 0.717) is 17.9 Å². The summed E-state index contributed by atoms with van der Waals surface area (Å²) in [5.41, 5.74) is 0. The number of aliphatic hydroxyl groups is 1. The molecular formula is C10H16N2O3S. The number of carbonyl (C=O) groups is 1. The van der Waals surface area contributed by atoms with Crippen LogP contribution < -0.4 is 5.32 Å². The lowest BCUT2D eigenvalue weighted by Crippen LogP contribution is -2.38. The Bertz CT molecular complexity index is 335. The minimum Gasteiger partial charge on any atom is -0.396 e. The highest BCUT2D eigenvalue weighted by atomic mass is 32.1. The Morgan fingerprint density at radius 2 is 2.50 bits per heavy atom. The number of ether oxygens (including phenoxy) is 1. The molecule has 0 bridgehead atoms. The van der Waals surface area contributed by atoms with Crippen LogP contribution in [0, 0.1) is 6.92 Å². The summed E-state index contributed by atoms with van der Waals surface area (Å²) in [6.07, 6.45) is 2.04. The zero-order valence-electron chi connectivity index (χ0n) is 9.40. The van der Waals surface area contributed by atoms with Crippen LogP contribution in [0.1, 0.15) is 21.1 Å². The average molecular weight is 244 g/mol. The van der Waals surface area contributed by atoms with Gasteiger partial charge in [0.2, 0.25) is 0 Å². The molecule has 0 aliphatic carbocycles. The summed E-state index contributed by atoms with van der Waals surface area (Å²) in [4.78, 5) is 16.3. The Kier molecular flexibility index (Phi) is 5.37. The molecule has 0 saturated carbocycles. The number of hydrogen-bond donors (Lipinski definition) is 2. The van der Waals surface area contributed by atoms with Crippen LogP contribution in [0.2, 0.25) is 0 Å². The zero-order chi connectivity index (χ0) is 12.0. The van der Waals surface area contributed by atoms with E-state index in [2.05, 4.69) is 10.3 Å². The number of thiazole rings is 1. The number of aryl methyl sites for hydroxylation is 1. The molecule has 1 atom stereocenters. The van der Waals surface area contributed by atoms with Gasteiger partial charge in [-0.1, -0.05) is 0 Å². The molecule has 1 rings (SSSR count). The van der Waals surface area contributed by atoms with Crippen molar-refractivity contribution in [3.05, 3.63) is 16.1 Å². The maximum absolute atomic E-state index is 11.7. The normalized spacial score (nSPS) is 12.4. The summed E-state index contributed by atoms with van der Waals surface area (Å²) in [7, 11) is 1.56. The number of hydrogen-bond acceptors (Lipinski definition) is 5. The van der Waals surface area contributed by atoms with E-state index < -0.39 is 0 Å². The predicted molar refractivity (Wildman–Crippen MR) is 61.7 cm³/mol. The van der Waals surface area contributed by atoms with Crippen molar-refractivity contribution in [3.8, 4) is 0 Å². The highest BCUT2D eigenvalue weighted by molar-refractivity contribution is 7.13. The summed E-state index contributed by atoms with van der Waals surface area (Å²) < 4.78 is 4.96. The number of amides is 1. The van der Waals surface area contributed by atoms with Crippen molar-refractivity contribution in [2.24, 2.45) is 0 Å². The Labute approximate surface area is 98.5 Å². The van der Waals surface area contributed by atoms with Gasteiger partial charge in [0.05, 0.1) is 23.9 Å². The van der Waals surface area contributed by atoms with Crippen LogP contribution in [0.5, 0.6) is 0 Å². The second-order valence-corrected chi connectivity index (χ2v) is 4.62. The van der Waals surface area contributed by atoms with Gasteiger partial charge in [0, 0.05) is 13.7 Å². The fraction of sp³-hybridized carbons (Fsp3) is 0.600. The van der Waals surface area contributed by atoms with E-state index in [1.54, 1.807) is 13.3 Å². The fourth-order valence-corrected chi connectivity index (χ4v) is 1.96. The number of methoxy groups -OCH3 is 1. The van der Waals surface area contributed by atoms with E-state index in [1.165, 1.54) is 11.3 Å². The second kappa shape index (κ2) is 6.57. The molecule has 0 radical (unpaired) electrons. The van der Waals surface area contributed by atoms with Gasteiger partial charge in [-0.15, -0.1) is 11.3 Å². The van der Waals surface area contributed by atoms with Gasteiger partial charge < -0.3 is 15.2 Å². The highest BCUT2D eigenvalue weighted by Crippen LogP contribution is 2.11. The van der Waals surface area contributed by atoms with Crippen molar-refractivity contribution in [2.45, 2.75) is 19.4 Å². The predicted octanol–water partition coefficient (Wildman–Crippen LogP) is 0.579. The molecule has 6 heteroatoms. The first-order valence-corrected chi connectivity index (χ1v) is 5.82. The molecule has 16 heavy (non-hydrogen) atoms. The maximum atomic E-state index is 11.7. The molecule has 1 amide bonds. The molecule has 0 saturated heterocycles. The Hall–Kier alpha value is -0.980. The third-order valence-electron chi connectivity index (χ3n) is 2.03. The molecule has 1 heterocycles. The van der Waals surface area contributed by atoms with Gasteiger partial charge in [0.25, 0.3) is 5.91 Å². The minimum atomic E-state index is -0.166. The van der Waals surface area contributed by atoms with E-state index in [0.717, 1.165) is 5.01 Å². The van der Waals surface area contributed by atoms with Crippen molar-refractivity contribution in [2.75, 3.05) is 20.3 Å². The summed E-state index contributed by atoms with van der Waals surface area (Å²) >= 11 is 1.35. The standard InChI is InChI=1S/C10H16N2O3S/c1-7-11-5-9(16-7)10(14)12-8(3-4-13)6-15-2/h5,8,13H,3-4,6H2,1-2H3,(H,12,14). The van der Waals surface area contributed by atoms with Crippen LogP contribution in [0.3, 0.4) is 0 Å². The molecule has 1 aromatic heterocycles. The van der Waals surface area contributed by atoms with E-state index in [-0.39, 0.29) is 18.6 Å². The van der Waals surface area contributed by atoms with Gasteiger partial charge >= 0.3 is 0 Å². The first-order chi connectivity index (χ1) is 7.67. The largest absolute Gasteiger partial charge is 0.396 e. The number of aliphatic hydroxyl groups excluding tert-OH is 1. The van der Waals surface area contributed by atoms with Crippen LogP contribution in [0.15, 0.2) is 6.20 Å². The Morgan fingerprint density at radius 1 is 1.75 bits per heavy atom. The lowest BCUT2D eigenvalue weighted by molar-refractivity contribution is 0.0882. The van der Waals surface area contributed by atoms with E-state index in [4.69, 9.17) is 9.84 Å². The van der Waals surface area contributed by atoms with Crippen LogP contribution in [0.4, 0.5) is 0 Å². The van der Waals surface area contributed by atoms with Crippen molar-refractivity contribution in [3.63, 3.8) is 0 Å². The monoisotopic (exact) mass is 244 g/mol. The van der Waals surface area contributed by atoms with Crippen molar-refractivity contribution in [1.29, 1.82) is 0 Å². The third kappa shape index (κ3) is 3.88. The van der Waals surface area contributed by atoms with Gasteiger partial charge in [-0.05, 0) is 13.3 Å². The summed E-state index contributed by atoms with van der Waals surface area (Å²) in [6, 6.07) is -0.162. The maximum Gasteiger partial charge on any atom is 0.263 e. The Balaban J connectivity index is 2.54. The third-order valence-corrected chi connectivity index (χ3v) is 2.94. The van der Waals surface area contributed by atoms with Crippen molar-refractivity contribution >= 4 is 17.2 Å². The van der Waals surface area contributed by atoms with Gasteiger partial charge in [-0.25, -0.2) is 4.98 Å². The van der Waals surface area contributed by atoms with Crippen LogP contribution in [-0.2, 0) is 4.74 Å². The van der Waals surface area contributed by atoms with E-state index >= 15 is 0 Å². The second-order valence-electron chi connectivity index (χ2n) is 3.38. The number of rotatable bonds is 6. The summed E-state index contributed by atoms with van der Waals surface area (Å²) in [5.74, 6) is -0.166. The number of aromatic nitrogens is 1. The Morgan fingerprint density at radius 3 is 3.00 bits per heavy atom. The topological polar surface area (TPSA) is 71.5 Å². The van der Waals surface area contributed by atoms with Crippen molar-refractivity contribution < 1.29 is 14.6 Å². The molecule has 0 spiro atoms. The first-order valence-electron chi connectivity index (χ1n) is 5.00. The lowest BCUT2D eigenvalue weighted by atomic mass is 10.2. The first kappa shape index (κ1) is 13.1. The molecule has 90 valence electrons. The molecule has 0 aliphatic rings. The van der Waals surface area contributed by atoms with Crippen LogP contribution in [-0.4, -0.2) is 42.4 Å². The van der Waals surface area contributed by atoms with Gasteiger partial charge in [-0.3, -0.25) is 4.79 Å². The number of nitrogens with one attached hydrogen (secondary N) is 1. The van der Waals surface area contributed by atoms with Gasteiger partial charge in [-0.2, -0.15) is 0 Å². The van der Waals surface area contributed by atoms with Gasteiger partial charge in [0.1, 0.15) is 4.88 Å². The molecule has 1 aromatic rings.